The zero-order chi connectivity index (χ0) is 31.2. The second-order valence-electron chi connectivity index (χ2n) is 10.2. The Kier molecular flexibility index (Phi) is 7.27. The van der Waals surface area contributed by atoms with Crippen molar-refractivity contribution in [2.45, 2.75) is 32.3 Å². The van der Waals surface area contributed by atoms with Gasteiger partial charge in [0.25, 0.3) is 5.62 Å². The van der Waals surface area contributed by atoms with Crippen LogP contribution < -0.4 is 15.7 Å². The number of alkyl halides is 3. The Morgan fingerprint density at radius 2 is 1.84 bits per heavy atom. The number of nitrogens with zero attached hydrogens (tertiary/aromatic N) is 6. The normalized spacial score (nSPS) is 13.6. The molecule has 0 fully saturated rings. The fourth-order valence-corrected chi connectivity index (χ4v) is 6.05. The molecule has 0 unspecified atom stereocenters. The van der Waals surface area contributed by atoms with Gasteiger partial charge in [-0.25, -0.2) is 22.8 Å². The second kappa shape index (κ2) is 11.0. The number of fused-ring (bicyclic) bond motifs is 3. The average molecular weight is 625 g/mol. The lowest BCUT2D eigenvalue weighted by Gasteiger charge is -2.19. The molecule has 226 valence electrons. The van der Waals surface area contributed by atoms with E-state index in [0.717, 1.165) is 18.0 Å². The van der Waals surface area contributed by atoms with E-state index in [9.17, 15) is 21.6 Å². The molecule has 0 spiro atoms. The minimum atomic E-state index is -4.67. The van der Waals surface area contributed by atoms with Gasteiger partial charge in [0.2, 0.25) is 10.0 Å². The van der Waals surface area contributed by atoms with Crippen LogP contribution in [0.25, 0.3) is 22.5 Å². The van der Waals surface area contributed by atoms with Crippen molar-refractivity contribution in [2.75, 3.05) is 16.6 Å². The van der Waals surface area contributed by atoms with Gasteiger partial charge in [0, 0.05) is 42.3 Å². The smallest absolute Gasteiger partial charge is 0.369 e. The van der Waals surface area contributed by atoms with Crippen molar-refractivity contribution in [2.24, 2.45) is 4.99 Å². The van der Waals surface area contributed by atoms with Gasteiger partial charge in [-0.15, -0.1) is 0 Å². The van der Waals surface area contributed by atoms with Crippen LogP contribution in [0.4, 0.5) is 34.8 Å². The Balaban J connectivity index is 1.37. The monoisotopic (exact) mass is 624 g/mol. The number of hydrogen-bond acceptors (Lipinski definition) is 8. The molecule has 6 rings (SSSR count). The van der Waals surface area contributed by atoms with Gasteiger partial charge in [0.15, 0.2) is 0 Å². The molecule has 1 aromatic carbocycles. The average Bonchev–Trinajstić information content (AvgIpc) is 3.46. The zero-order valence-electron chi connectivity index (χ0n) is 23.3. The van der Waals surface area contributed by atoms with Crippen molar-refractivity contribution < 1.29 is 26.0 Å². The van der Waals surface area contributed by atoms with Gasteiger partial charge in [0.1, 0.15) is 23.2 Å². The largest absolute Gasteiger partial charge is 0.416 e. The molecule has 3 aliphatic heterocycles. The van der Waals surface area contributed by atoms with Crippen LogP contribution in [-0.4, -0.2) is 39.5 Å². The zero-order valence-corrected chi connectivity index (χ0v) is 24.1. The maximum atomic E-state index is 15.1. The highest BCUT2D eigenvalue weighted by molar-refractivity contribution is 7.91. The molecule has 15 heteroatoms. The fraction of sp³-hybridized carbons (Fsp3) is 0.207. The number of halogens is 4. The first-order valence-corrected chi connectivity index (χ1v) is 15.0. The summed E-state index contributed by atoms with van der Waals surface area (Å²) in [5.41, 5.74) is 2.38. The summed E-state index contributed by atoms with van der Waals surface area (Å²) in [6, 6.07) is 9.42. The molecule has 10 nitrogen and oxygen atoms in total. The van der Waals surface area contributed by atoms with Crippen LogP contribution in [-0.2, 0) is 28.5 Å². The Bertz CT molecular complexity index is 2040. The van der Waals surface area contributed by atoms with Crippen LogP contribution in [0, 0.1) is 19.7 Å². The van der Waals surface area contributed by atoms with Gasteiger partial charge in [0.05, 0.1) is 28.8 Å². The predicted octanol–water partition coefficient (Wildman–Crippen LogP) is 5.21. The molecular formula is C29H24F4N8O2S. The van der Waals surface area contributed by atoms with E-state index >= 15 is 4.39 Å². The second-order valence-corrected chi connectivity index (χ2v) is 12.0. The summed E-state index contributed by atoms with van der Waals surface area (Å²) in [5, 5.41) is 3.32. The van der Waals surface area contributed by atoms with E-state index in [2.05, 4.69) is 35.0 Å². The first-order chi connectivity index (χ1) is 20.9. The summed E-state index contributed by atoms with van der Waals surface area (Å²) in [7, 11) is -4.34. The van der Waals surface area contributed by atoms with Crippen molar-refractivity contribution in [3.05, 3.63) is 95.0 Å². The molecular weight excluding hydrogens is 600 g/mol. The highest BCUT2D eigenvalue weighted by Gasteiger charge is 2.31. The lowest BCUT2D eigenvalue weighted by atomic mass is 9.98. The number of pyridine rings is 3. The fourth-order valence-electron chi connectivity index (χ4n) is 4.93. The molecule has 3 aliphatic rings. The summed E-state index contributed by atoms with van der Waals surface area (Å²) in [5.74, 6) is -0.413. The molecule has 0 saturated heterocycles. The van der Waals surface area contributed by atoms with Crippen LogP contribution in [0.3, 0.4) is 0 Å². The number of nitrogens with one attached hydrogen (secondary N) is 2. The number of rotatable bonds is 6. The minimum absolute atomic E-state index is 0.252. The van der Waals surface area contributed by atoms with Crippen LogP contribution >= 0.6 is 0 Å². The molecule has 5 heterocycles. The maximum absolute atomic E-state index is 15.1. The maximum Gasteiger partial charge on any atom is 0.416 e. The highest BCUT2D eigenvalue weighted by atomic mass is 32.2. The number of anilines is 2. The third-order valence-electron chi connectivity index (χ3n) is 6.97. The first kappa shape index (κ1) is 29.2. The Morgan fingerprint density at radius 1 is 1.02 bits per heavy atom. The van der Waals surface area contributed by atoms with Gasteiger partial charge < -0.3 is 9.88 Å². The summed E-state index contributed by atoms with van der Waals surface area (Å²) >= 11 is 0. The third kappa shape index (κ3) is 5.95. The van der Waals surface area contributed by atoms with Crippen LogP contribution in [0.2, 0.25) is 0 Å². The molecule has 0 amide bonds. The van der Waals surface area contributed by atoms with Crippen molar-refractivity contribution >= 4 is 27.2 Å². The molecule has 3 aromatic rings. The molecule has 2 aromatic heterocycles. The number of aromatic nitrogens is 5. The number of sulfonamides is 1. The Labute approximate surface area is 249 Å². The number of benzene rings is 1. The van der Waals surface area contributed by atoms with Crippen LogP contribution in [0.15, 0.2) is 66.0 Å². The molecule has 0 bridgehead atoms. The van der Waals surface area contributed by atoms with E-state index in [1.165, 1.54) is 12.1 Å². The van der Waals surface area contributed by atoms with E-state index in [1.54, 1.807) is 19.3 Å². The summed E-state index contributed by atoms with van der Waals surface area (Å²) in [4.78, 5) is 21.5. The molecule has 0 atom stereocenters. The molecule has 2 N–H and O–H groups in total. The van der Waals surface area contributed by atoms with Gasteiger partial charge in [-0.2, -0.15) is 18.2 Å². The Morgan fingerprint density at radius 3 is 2.59 bits per heavy atom. The highest BCUT2D eigenvalue weighted by Crippen LogP contribution is 2.39. The third-order valence-corrected chi connectivity index (χ3v) is 8.17. The topological polar surface area (TPSA) is 127 Å². The van der Waals surface area contributed by atoms with Crippen molar-refractivity contribution in [1.82, 2.24) is 24.5 Å². The van der Waals surface area contributed by atoms with Gasteiger partial charge in [-0.05, 0) is 67.4 Å². The molecule has 44 heavy (non-hydrogen) atoms. The summed E-state index contributed by atoms with van der Waals surface area (Å²) < 4.78 is 84.3. The van der Waals surface area contributed by atoms with E-state index in [0.29, 0.717) is 58.7 Å². The SMILES string of the molecule is Cc1ccc(N=c2ncc3cc(-c4cc(NS(=O)(=O)Cc5cc(C(F)(F)F)ccn5)c(F)cc4C)c4n(c-3n2)CCN4)cn1. The summed E-state index contributed by atoms with van der Waals surface area (Å²) in [6.45, 7) is 4.73. The lowest BCUT2D eigenvalue weighted by molar-refractivity contribution is -0.137. The Hall–Kier alpha value is -4.92. The van der Waals surface area contributed by atoms with Crippen LogP contribution in [0.5, 0.6) is 0 Å². The van der Waals surface area contributed by atoms with E-state index < -0.39 is 33.3 Å². The van der Waals surface area contributed by atoms with Crippen molar-refractivity contribution in [3.8, 4) is 22.5 Å². The first-order valence-electron chi connectivity index (χ1n) is 13.3. The van der Waals surface area contributed by atoms with Gasteiger partial charge >= 0.3 is 6.18 Å². The van der Waals surface area contributed by atoms with Gasteiger partial charge in [-0.1, -0.05) is 0 Å². The van der Waals surface area contributed by atoms with E-state index in [1.807, 2.05) is 29.7 Å². The van der Waals surface area contributed by atoms with Crippen LogP contribution in [0.1, 0.15) is 22.5 Å². The summed E-state index contributed by atoms with van der Waals surface area (Å²) in [6.07, 6.45) is -0.532. The van der Waals surface area contributed by atoms with E-state index in [4.69, 9.17) is 0 Å². The minimum Gasteiger partial charge on any atom is -0.369 e. The number of aryl methyl sites for hydroxylation is 2. The van der Waals surface area contributed by atoms with Crippen molar-refractivity contribution in [1.29, 1.82) is 0 Å². The number of hydrogen-bond donors (Lipinski definition) is 2. The molecule has 0 saturated carbocycles. The quantitative estimate of drug-likeness (QED) is 0.248. The lowest BCUT2D eigenvalue weighted by Crippen LogP contribution is -2.18. The molecule has 0 aliphatic carbocycles. The molecule has 0 radical (unpaired) electrons. The van der Waals surface area contributed by atoms with Crippen molar-refractivity contribution in [3.63, 3.8) is 0 Å². The predicted molar refractivity (Wildman–Crippen MR) is 155 cm³/mol. The van der Waals surface area contributed by atoms with E-state index in [-0.39, 0.29) is 17.0 Å². The standard InChI is InChI=1S/C29H24F4N8O2S/c1-16-9-24(30)25(40-44(42,43)15-21-11-19(5-6-34-21)29(31,32)33)12-22(16)23-10-18-13-37-28(38-20-4-3-17(2)36-14-20)39-26(18)41-8-7-35-27(23)41/h3-6,9-14,35,40H,7-8,15H2,1-2H3. The van der Waals surface area contributed by atoms with Gasteiger partial charge in [-0.3, -0.25) is 14.7 Å².